The first-order valence-corrected chi connectivity index (χ1v) is 8.85. The van der Waals surface area contributed by atoms with Gasteiger partial charge >= 0.3 is 0 Å². The number of ether oxygens (including phenoxy) is 2. The lowest BCUT2D eigenvalue weighted by Crippen LogP contribution is -2.49. The molecule has 0 aromatic heterocycles. The normalized spacial score (nSPS) is 19.8. The predicted molar refractivity (Wildman–Crippen MR) is 90.2 cm³/mol. The highest BCUT2D eigenvalue weighted by molar-refractivity contribution is 5.97. The standard InChI is InChI=1S/C18H23N3O4/c22-17(19-14-2-3-14)10-18(23)21-7-5-20(6-8-21)11-13-1-4-15-16(9-13)25-12-24-15/h1,4,9,14H,2-3,5-8,10-12H2,(H,19,22). The first-order valence-electron chi connectivity index (χ1n) is 8.85. The molecule has 1 aromatic carbocycles. The highest BCUT2D eigenvalue weighted by atomic mass is 16.7. The summed E-state index contributed by atoms with van der Waals surface area (Å²) >= 11 is 0. The molecule has 1 saturated carbocycles. The van der Waals surface area contributed by atoms with E-state index >= 15 is 0 Å². The summed E-state index contributed by atoms with van der Waals surface area (Å²) in [5, 5.41) is 2.87. The van der Waals surface area contributed by atoms with Crippen molar-refractivity contribution in [2.45, 2.75) is 31.8 Å². The van der Waals surface area contributed by atoms with Gasteiger partial charge in [0.25, 0.3) is 0 Å². The number of benzene rings is 1. The zero-order valence-electron chi connectivity index (χ0n) is 14.2. The SMILES string of the molecule is O=C(CC(=O)N1CCN(Cc2ccc3c(c2)OCO3)CC1)NC1CC1. The molecule has 2 amide bonds. The molecular weight excluding hydrogens is 322 g/mol. The van der Waals surface area contributed by atoms with Gasteiger partial charge in [0.1, 0.15) is 6.42 Å². The van der Waals surface area contributed by atoms with Crippen LogP contribution in [0.1, 0.15) is 24.8 Å². The topological polar surface area (TPSA) is 71.1 Å². The molecule has 25 heavy (non-hydrogen) atoms. The molecule has 134 valence electrons. The van der Waals surface area contributed by atoms with E-state index < -0.39 is 0 Å². The Bertz CT molecular complexity index is 666. The van der Waals surface area contributed by atoms with Gasteiger partial charge in [-0.05, 0) is 30.5 Å². The van der Waals surface area contributed by atoms with Gasteiger partial charge in [-0.1, -0.05) is 6.07 Å². The second-order valence-electron chi connectivity index (χ2n) is 6.86. The lowest BCUT2D eigenvalue weighted by Gasteiger charge is -2.34. The van der Waals surface area contributed by atoms with Crippen LogP contribution >= 0.6 is 0 Å². The Balaban J connectivity index is 1.23. The van der Waals surface area contributed by atoms with Crippen molar-refractivity contribution in [2.24, 2.45) is 0 Å². The predicted octanol–water partition coefficient (Wildman–Crippen LogP) is 0.728. The van der Waals surface area contributed by atoms with Crippen molar-refractivity contribution in [3.63, 3.8) is 0 Å². The number of piperazine rings is 1. The van der Waals surface area contributed by atoms with Crippen LogP contribution in [-0.2, 0) is 16.1 Å². The van der Waals surface area contributed by atoms with E-state index in [1.165, 1.54) is 5.56 Å². The molecule has 1 N–H and O–H groups in total. The number of carbonyl (C=O) groups is 2. The molecule has 2 fully saturated rings. The van der Waals surface area contributed by atoms with Crippen LogP contribution in [0.3, 0.4) is 0 Å². The first-order chi connectivity index (χ1) is 12.2. The molecule has 4 rings (SSSR count). The van der Waals surface area contributed by atoms with Crippen LogP contribution in [0.2, 0.25) is 0 Å². The van der Waals surface area contributed by atoms with Crippen molar-refractivity contribution in [3.05, 3.63) is 23.8 Å². The molecule has 2 heterocycles. The molecule has 2 aliphatic heterocycles. The fraction of sp³-hybridized carbons (Fsp3) is 0.556. The molecule has 7 heteroatoms. The maximum Gasteiger partial charge on any atom is 0.232 e. The van der Waals surface area contributed by atoms with E-state index in [9.17, 15) is 9.59 Å². The summed E-state index contributed by atoms with van der Waals surface area (Å²) in [6.45, 7) is 4.06. The molecule has 0 bridgehead atoms. The smallest absolute Gasteiger partial charge is 0.232 e. The summed E-state index contributed by atoms with van der Waals surface area (Å²) in [5.41, 5.74) is 1.17. The van der Waals surface area contributed by atoms with Gasteiger partial charge in [-0.3, -0.25) is 14.5 Å². The van der Waals surface area contributed by atoms with Gasteiger partial charge in [0.05, 0.1) is 0 Å². The maximum absolute atomic E-state index is 12.2. The lowest BCUT2D eigenvalue weighted by atomic mass is 10.1. The maximum atomic E-state index is 12.2. The summed E-state index contributed by atoms with van der Waals surface area (Å²) in [7, 11) is 0. The van der Waals surface area contributed by atoms with Crippen LogP contribution in [0.15, 0.2) is 18.2 Å². The van der Waals surface area contributed by atoms with Crippen molar-refractivity contribution in [1.82, 2.24) is 15.1 Å². The second kappa shape index (κ2) is 6.92. The van der Waals surface area contributed by atoms with E-state index in [0.717, 1.165) is 44.0 Å². The van der Waals surface area contributed by atoms with Crippen LogP contribution in [-0.4, -0.2) is 60.6 Å². The van der Waals surface area contributed by atoms with Crippen molar-refractivity contribution in [3.8, 4) is 11.5 Å². The molecule has 0 atom stereocenters. The second-order valence-corrected chi connectivity index (χ2v) is 6.86. The minimum atomic E-state index is -0.143. The Morgan fingerprint density at radius 3 is 2.60 bits per heavy atom. The van der Waals surface area contributed by atoms with Gasteiger partial charge in [-0.15, -0.1) is 0 Å². The summed E-state index contributed by atoms with van der Waals surface area (Å²) in [5.74, 6) is 1.38. The van der Waals surface area contributed by atoms with Gasteiger partial charge in [0.15, 0.2) is 11.5 Å². The fourth-order valence-corrected chi connectivity index (χ4v) is 3.21. The summed E-state index contributed by atoms with van der Waals surface area (Å²) in [6, 6.07) is 6.31. The van der Waals surface area contributed by atoms with E-state index in [2.05, 4.69) is 10.2 Å². The number of rotatable bonds is 5. The Morgan fingerprint density at radius 1 is 1.08 bits per heavy atom. The van der Waals surface area contributed by atoms with Gasteiger partial charge in [0.2, 0.25) is 18.6 Å². The molecule has 1 aliphatic carbocycles. The molecule has 0 spiro atoms. The average Bonchev–Trinajstić information content (AvgIpc) is 3.29. The first kappa shape index (κ1) is 16.2. The van der Waals surface area contributed by atoms with Crippen molar-refractivity contribution in [1.29, 1.82) is 0 Å². The minimum Gasteiger partial charge on any atom is -0.454 e. The molecular formula is C18H23N3O4. The van der Waals surface area contributed by atoms with E-state index in [-0.39, 0.29) is 25.0 Å². The zero-order valence-corrected chi connectivity index (χ0v) is 14.2. The van der Waals surface area contributed by atoms with E-state index in [0.29, 0.717) is 19.1 Å². The average molecular weight is 345 g/mol. The number of nitrogens with zero attached hydrogens (tertiary/aromatic N) is 2. The fourth-order valence-electron chi connectivity index (χ4n) is 3.21. The van der Waals surface area contributed by atoms with Crippen LogP contribution in [0.25, 0.3) is 0 Å². The lowest BCUT2D eigenvalue weighted by molar-refractivity contribution is -0.137. The summed E-state index contributed by atoms with van der Waals surface area (Å²) in [6.07, 6.45) is 2.05. The molecule has 0 unspecified atom stereocenters. The van der Waals surface area contributed by atoms with Crippen LogP contribution in [0, 0.1) is 0 Å². The molecule has 3 aliphatic rings. The van der Waals surface area contributed by atoms with Gasteiger partial charge < -0.3 is 19.7 Å². The van der Waals surface area contributed by atoms with Gasteiger partial charge in [-0.25, -0.2) is 0 Å². The minimum absolute atomic E-state index is 0.0291. The Kier molecular flexibility index (Phi) is 4.48. The quantitative estimate of drug-likeness (QED) is 0.797. The number of hydrogen-bond acceptors (Lipinski definition) is 5. The Hall–Kier alpha value is -2.28. The number of hydrogen-bond donors (Lipinski definition) is 1. The summed E-state index contributed by atoms with van der Waals surface area (Å²) in [4.78, 5) is 28.1. The largest absolute Gasteiger partial charge is 0.454 e. The third-order valence-corrected chi connectivity index (χ3v) is 4.82. The highest BCUT2D eigenvalue weighted by Crippen LogP contribution is 2.32. The molecule has 7 nitrogen and oxygen atoms in total. The van der Waals surface area contributed by atoms with Crippen molar-refractivity contribution < 1.29 is 19.1 Å². The number of carbonyl (C=O) groups excluding carboxylic acids is 2. The van der Waals surface area contributed by atoms with Crippen LogP contribution in [0.4, 0.5) is 0 Å². The number of amides is 2. The van der Waals surface area contributed by atoms with E-state index in [4.69, 9.17) is 9.47 Å². The monoisotopic (exact) mass is 345 g/mol. The third-order valence-electron chi connectivity index (χ3n) is 4.82. The van der Waals surface area contributed by atoms with Gasteiger partial charge in [-0.2, -0.15) is 0 Å². The third kappa shape index (κ3) is 4.04. The van der Waals surface area contributed by atoms with E-state index in [1.807, 2.05) is 18.2 Å². The Labute approximate surface area is 146 Å². The van der Waals surface area contributed by atoms with Crippen molar-refractivity contribution in [2.75, 3.05) is 33.0 Å². The Morgan fingerprint density at radius 2 is 1.84 bits per heavy atom. The van der Waals surface area contributed by atoms with Crippen LogP contribution in [0.5, 0.6) is 11.5 Å². The number of fused-ring (bicyclic) bond motifs is 1. The van der Waals surface area contributed by atoms with Gasteiger partial charge in [0, 0.05) is 38.8 Å². The number of nitrogens with one attached hydrogen (secondary N) is 1. The summed E-state index contributed by atoms with van der Waals surface area (Å²) < 4.78 is 10.7. The highest BCUT2D eigenvalue weighted by Gasteiger charge is 2.27. The molecule has 1 aromatic rings. The molecule has 1 saturated heterocycles. The zero-order chi connectivity index (χ0) is 17.2. The van der Waals surface area contributed by atoms with Crippen LogP contribution < -0.4 is 14.8 Å². The van der Waals surface area contributed by atoms with Crippen molar-refractivity contribution >= 4 is 11.8 Å². The molecule has 0 radical (unpaired) electrons. The van der Waals surface area contributed by atoms with E-state index in [1.54, 1.807) is 4.90 Å².